The predicted octanol–water partition coefficient (Wildman–Crippen LogP) is 1.54. The summed E-state index contributed by atoms with van der Waals surface area (Å²) in [6, 6.07) is 0. The molecule has 0 aliphatic rings. The second-order valence-corrected chi connectivity index (χ2v) is 3.88. The third kappa shape index (κ3) is 3.78. The fraction of sp³-hybridized carbons (Fsp3) is 0.625. The first-order chi connectivity index (χ1) is 6.72. The van der Waals surface area contributed by atoms with E-state index in [1.807, 2.05) is 0 Å². The van der Waals surface area contributed by atoms with Gasteiger partial charge in [-0.05, 0) is 6.42 Å². The summed E-state index contributed by atoms with van der Waals surface area (Å²) in [5.41, 5.74) is 5.18. The van der Waals surface area contributed by atoms with Gasteiger partial charge in [0.1, 0.15) is 0 Å². The first kappa shape index (κ1) is 11.0. The Morgan fingerprint density at radius 3 is 3.07 bits per heavy atom. The normalized spacial score (nSPS) is 10.4. The van der Waals surface area contributed by atoms with Crippen LogP contribution in [-0.4, -0.2) is 15.3 Å². The zero-order chi connectivity index (χ0) is 10.4. The van der Waals surface area contributed by atoms with Gasteiger partial charge in [0.15, 0.2) is 11.0 Å². The summed E-state index contributed by atoms with van der Waals surface area (Å²) in [7, 11) is 0. The monoisotopic (exact) mass is 214 g/mol. The number of unbranched alkanes of at least 4 members (excludes halogenated alkanes) is 1. The number of aromatic nitrogens is 2. The molecule has 0 aliphatic heterocycles. The lowest BCUT2D eigenvalue weighted by molar-refractivity contribution is 0.384. The van der Waals surface area contributed by atoms with Gasteiger partial charge in [0, 0.05) is 6.42 Å². The second-order valence-electron chi connectivity index (χ2n) is 2.86. The van der Waals surface area contributed by atoms with Crippen LogP contribution in [0.5, 0.6) is 0 Å². The van der Waals surface area contributed by atoms with Crippen molar-refractivity contribution in [3.05, 3.63) is 11.7 Å². The van der Waals surface area contributed by atoms with Gasteiger partial charge >= 0.3 is 0 Å². The largest absolute Gasteiger partial charge is 0.379 e. The minimum Gasteiger partial charge on any atom is -0.379 e. The summed E-state index contributed by atoms with van der Waals surface area (Å²) in [5, 5.41) is 10.9. The van der Waals surface area contributed by atoms with E-state index in [0.717, 1.165) is 25.1 Å². The molecule has 0 aromatic carbocycles. The molecule has 0 fully saturated rings. The molecule has 0 radical (unpaired) electrons. The highest BCUT2D eigenvalue weighted by Crippen LogP contribution is 2.10. The molecule has 14 heavy (non-hydrogen) atoms. The van der Waals surface area contributed by atoms with E-state index in [2.05, 4.69) is 17.1 Å². The molecule has 1 aromatic rings. The summed E-state index contributed by atoms with van der Waals surface area (Å²) in [4.78, 5) is 4.17. The Balaban J connectivity index is 2.38. The van der Waals surface area contributed by atoms with Crippen LogP contribution < -0.4 is 5.73 Å². The topological polar surface area (TPSA) is 88.8 Å². The van der Waals surface area contributed by atoms with Crippen LogP contribution in [0.2, 0.25) is 0 Å². The van der Waals surface area contributed by atoms with Gasteiger partial charge in [0.05, 0.1) is 5.75 Å². The quantitative estimate of drug-likeness (QED) is 0.573. The Bertz CT molecular complexity index is 299. The molecular formula is C8H14N4OS. The van der Waals surface area contributed by atoms with Crippen LogP contribution in [0.1, 0.15) is 31.5 Å². The first-order valence-electron chi connectivity index (χ1n) is 4.50. The van der Waals surface area contributed by atoms with Gasteiger partial charge in [-0.1, -0.05) is 30.3 Å². The fourth-order valence-electron chi connectivity index (χ4n) is 0.925. The summed E-state index contributed by atoms with van der Waals surface area (Å²) < 4.78 is 4.98. The zero-order valence-electron chi connectivity index (χ0n) is 8.12. The third-order valence-electron chi connectivity index (χ3n) is 1.62. The number of aryl methyl sites for hydroxylation is 1. The lowest BCUT2D eigenvalue weighted by Crippen LogP contribution is -2.03. The highest BCUT2D eigenvalue weighted by Gasteiger charge is 2.06. The smallest absolute Gasteiger partial charge is 0.237 e. The Morgan fingerprint density at radius 2 is 2.43 bits per heavy atom. The molecule has 0 unspecified atom stereocenters. The number of hydrogen-bond donors (Lipinski definition) is 2. The van der Waals surface area contributed by atoms with Gasteiger partial charge in [-0.3, -0.25) is 5.41 Å². The second kappa shape index (κ2) is 5.64. The van der Waals surface area contributed by atoms with Gasteiger partial charge < -0.3 is 10.3 Å². The lowest BCUT2D eigenvalue weighted by atomic mass is 10.2. The maximum atomic E-state index is 7.01. The van der Waals surface area contributed by atoms with Crippen molar-refractivity contribution in [1.29, 1.82) is 5.41 Å². The molecule has 0 saturated heterocycles. The van der Waals surface area contributed by atoms with Gasteiger partial charge in [0.2, 0.25) is 5.89 Å². The number of amidine groups is 1. The van der Waals surface area contributed by atoms with Crippen molar-refractivity contribution in [2.45, 2.75) is 31.9 Å². The van der Waals surface area contributed by atoms with E-state index in [-0.39, 0.29) is 5.17 Å². The summed E-state index contributed by atoms with van der Waals surface area (Å²) in [6.45, 7) is 2.12. The van der Waals surface area contributed by atoms with Crippen LogP contribution in [0.25, 0.3) is 0 Å². The number of rotatable bonds is 5. The third-order valence-corrected chi connectivity index (χ3v) is 2.32. The summed E-state index contributed by atoms with van der Waals surface area (Å²) in [6.07, 6.45) is 3.04. The molecular weight excluding hydrogens is 200 g/mol. The molecule has 0 bridgehead atoms. The number of nitrogens with two attached hydrogens (primary N) is 1. The highest BCUT2D eigenvalue weighted by molar-refractivity contribution is 8.12. The van der Waals surface area contributed by atoms with Crippen molar-refractivity contribution in [3.8, 4) is 0 Å². The van der Waals surface area contributed by atoms with Gasteiger partial charge in [-0.2, -0.15) is 4.98 Å². The van der Waals surface area contributed by atoms with Crippen LogP contribution in [0.4, 0.5) is 0 Å². The first-order valence-corrected chi connectivity index (χ1v) is 5.49. The molecule has 0 aliphatic carbocycles. The van der Waals surface area contributed by atoms with Crippen molar-refractivity contribution in [2.75, 3.05) is 0 Å². The van der Waals surface area contributed by atoms with Crippen LogP contribution in [0.15, 0.2) is 4.52 Å². The fourth-order valence-corrected chi connectivity index (χ4v) is 1.32. The van der Waals surface area contributed by atoms with E-state index in [4.69, 9.17) is 15.7 Å². The van der Waals surface area contributed by atoms with Crippen molar-refractivity contribution >= 4 is 16.9 Å². The van der Waals surface area contributed by atoms with Crippen molar-refractivity contribution in [1.82, 2.24) is 10.1 Å². The van der Waals surface area contributed by atoms with Crippen LogP contribution >= 0.6 is 11.8 Å². The number of thioether (sulfide) groups is 1. The Hall–Kier alpha value is -1.04. The van der Waals surface area contributed by atoms with Crippen molar-refractivity contribution < 1.29 is 4.52 Å². The Morgan fingerprint density at radius 1 is 1.64 bits per heavy atom. The van der Waals surface area contributed by atoms with Gasteiger partial charge in [0.25, 0.3) is 0 Å². The standard InChI is InChI=1S/C8H14N4OS/c1-2-3-4-6-11-7(13-12-6)5-14-8(9)10/h2-5H2,1H3,(H3,9,10). The molecule has 3 N–H and O–H groups in total. The van der Waals surface area contributed by atoms with E-state index in [0.29, 0.717) is 11.6 Å². The Labute approximate surface area is 87.0 Å². The zero-order valence-corrected chi connectivity index (χ0v) is 8.93. The summed E-state index contributed by atoms with van der Waals surface area (Å²) >= 11 is 1.19. The highest BCUT2D eigenvalue weighted by atomic mass is 32.2. The van der Waals surface area contributed by atoms with Crippen LogP contribution in [0, 0.1) is 5.41 Å². The summed E-state index contributed by atoms with van der Waals surface area (Å²) in [5.74, 6) is 1.76. The molecule has 1 rings (SSSR count). The van der Waals surface area contributed by atoms with E-state index < -0.39 is 0 Å². The molecule has 6 heteroatoms. The minimum atomic E-state index is 0.0679. The lowest BCUT2D eigenvalue weighted by Gasteiger charge is -1.91. The number of hydrogen-bond acceptors (Lipinski definition) is 5. The molecule has 1 aromatic heterocycles. The van der Waals surface area contributed by atoms with Crippen molar-refractivity contribution in [3.63, 3.8) is 0 Å². The number of nitrogens with zero attached hydrogens (tertiary/aromatic N) is 2. The molecule has 0 saturated carbocycles. The van der Waals surface area contributed by atoms with Crippen LogP contribution in [0.3, 0.4) is 0 Å². The van der Waals surface area contributed by atoms with Gasteiger partial charge in [-0.15, -0.1) is 0 Å². The van der Waals surface area contributed by atoms with E-state index >= 15 is 0 Å². The molecule has 0 amide bonds. The van der Waals surface area contributed by atoms with Crippen LogP contribution in [-0.2, 0) is 12.2 Å². The molecule has 1 heterocycles. The van der Waals surface area contributed by atoms with Crippen molar-refractivity contribution in [2.24, 2.45) is 5.73 Å². The Kier molecular flexibility index (Phi) is 4.45. The molecule has 0 atom stereocenters. The van der Waals surface area contributed by atoms with E-state index in [9.17, 15) is 0 Å². The minimum absolute atomic E-state index is 0.0679. The predicted molar refractivity (Wildman–Crippen MR) is 56.1 cm³/mol. The maximum absolute atomic E-state index is 7.01. The van der Waals surface area contributed by atoms with E-state index in [1.54, 1.807) is 0 Å². The number of nitrogens with one attached hydrogen (secondary N) is 1. The average molecular weight is 214 g/mol. The van der Waals surface area contributed by atoms with Gasteiger partial charge in [-0.25, -0.2) is 0 Å². The molecule has 5 nitrogen and oxygen atoms in total. The average Bonchev–Trinajstić information content (AvgIpc) is 2.59. The maximum Gasteiger partial charge on any atom is 0.237 e. The SMILES string of the molecule is CCCCc1noc(CSC(=N)N)n1. The van der Waals surface area contributed by atoms with E-state index in [1.165, 1.54) is 11.8 Å². The molecule has 78 valence electrons. The molecule has 0 spiro atoms.